The van der Waals surface area contributed by atoms with E-state index < -0.39 is 0 Å². The minimum Gasteiger partial charge on any atom is -0.487 e. The van der Waals surface area contributed by atoms with Crippen LogP contribution in [-0.2, 0) is 6.61 Å². The predicted octanol–water partition coefficient (Wildman–Crippen LogP) is 3.59. The zero-order chi connectivity index (χ0) is 18.5. The van der Waals surface area contributed by atoms with E-state index in [-0.39, 0.29) is 5.91 Å². The molecule has 0 aliphatic carbocycles. The monoisotopic (exact) mass is 373 g/mol. The van der Waals surface area contributed by atoms with Crippen LogP contribution < -0.4 is 4.74 Å². The number of ether oxygens (including phenoxy) is 1. The van der Waals surface area contributed by atoms with Crippen LogP contribution >= 0.6 is 11.3 Å². The summed E-state index contributed by atoms with van der Waals surface area (Å²) in [6.45, 7) is 7.81. The van der Waals surface area contributed by atoms with Crippen molar-refractivity contribution in [3.05, 3.63) is 45.9 Å². The zero-order valence-corrected chi connectivity index (χ0v) is 16.6. The molecule has 1 amide bonds. The van der Waals surface area contributed by atoms with E-state index in [0.29, 0.717) is 24.0 Å². The molecule has 0 N–H and O–H groups in total. The third-order valence-electron chi connectivity index (χ3n) is 5.01. The van der Waals surface area contributed by atoms with Gasteiger partial charge in [-0.25, -0.2) is 4.98 Å². The van der Waals surface area contributed by atoms with Crippen molar-refractivity contribution in [2.45, 2.75) is 39.3 Å². The van der Waals surface area contributed by atoms with Gasteiger partial charge >= 0.3 is 0 Å². The Hall–Kier alpha value is -1.92. The van der Waals surface area contributed by atoms with Gasteiger partial charge in [-0.05, 0) is 44.5 Å². The molecule has 1 saturated heterocycles. The van der Waals surface area contributed by atoms with Crippen LogP contribution in [0.25, 0.3) is 0 Å². The quantitative estimate of drug-likeness (QED) is 0.776. The molecule has 6 heteroatoms. The van der Waals surface area contributed by atoms with Gasteiger partial charge in [-0.1, -0.05) is 13.0 Å². The van der Waals surface area contributed by atoms with E-state index in [2.05, 4.69) is 16.8 Å². The lowest BCUT2D eigenvalue weighted by molar-refractivity contribution is 0.0646. The van der Waals surface area contributed by atoms with Gasteiger partial charge in [0, 0.05) is 37.1 Å². The molecule has 0 spiro atoms. The minimum atomic E-state index is 0.0647. The number of likely N-dealkylation sites (tertiary alicyclic amines) is 1. The zero-order valence-electron chi connectivity index (χ0n) is 15.8. The molecule has 0 bridgehead atoms. The topological polar surface area (TPSA) is 45.7 Å². The van der Waals surface area contributed by atoms with Gasteiger partial charge < -0.3 is 14.5 Å². The highest BCUT2D eigenvalue weighted by molar-refractivity contribution is 7.09. The SMILES string of the molecule is CCN1CCC(N(C)C(=O)c2cccc(OCc3csc(C)n3)c2)CC1. The lowest BCUT2D eigenvalue weighted by Gasteiger charge is -2.36. The molecule has 5 nitrogen and oxygen atoms in total. The Balaban J connectivity index is 1.60. The Labute approximate surface area is 159 Å². The number of carbonyl (C=O) groups is 1. The summed E-state index contributed by atoms with van der Waals surface area (Å²) < 4.78 is 5.82. The Morgan fingerprint density at radius 2 is 2.15 bits per heavy atom. The number of piperidine rings is 1. The molecule has 2 heterocycles. The van der Waals surface area contributed by atoms with Crippen LogP contribution in [0.2, 0.25) is 0 Å². The molecule has 140 valence electrons. The Morgan fingerprint density at radius 3 is 2.81 bits per heavy atom. The molecule has 1 aliphatic heterocycles. The molecule has 3 rings (SSSR count). The highest BCUT2D eigenvalue weighted by Crippen LogP contribution is 2.20. The lowest BCUT2D eigenvalue weighted by atomic mass is 10.0. The minimum absolute atomic E-state index is 0.0647. The fourth-order valence-electron chi connectivity index (χ4n) is 3.34. The second-order valence-electron chi connectivity index (χ2n) is 6.76. The third kappa shape index (κ3) is 4.62. The average Bonchev–Trinajstić information content (AvgIpc) is 3.11. The number of aromatic nitrogens is 1. The molecule has 0 atom stereocenters. The second-order valence-corrected chi connectivity index (χ2v) is 7.82. The second kappa shape index (κ2) is 8.64. The maximum atomic E-state index is 12.9. The van der Waals surface area contributed by atoms with Crippen molar-refractivity contribution in [1.82, 2.24) is 14.8 Å². The standard InChI is InChI=1S/C20H27N3O2S/c1-4-23-10-8-18(9-11-23)22(3)20(24)16-6-5-7-19(12-16)25-13-17-14-26-15(2)21-17/h5-7,12,14,18H,4,8-11,13H2,1-3H3. The number of hydrogen-bond donors (Lipinski definition) is 0. The third-order valence-corrected chi connectivity index (χ3v) is 5.83. The van der Waals surface area contributed by atoms with Crippen molar-refractivity contribution in [3.63, 3.8) is 0 Å². The van der Waals surface area contributed by atoms with Gasteiger partial charge in [0.05, 0.1) is 10.7 Å². The van der Waals surface area contributed by atoms with Crippen LogP contribution in [0.3, 0.4) is 0 Å². The maximum Gasteiger partial charge on any atom is 0.253 e. The fourth-order valence-corrected chi connectivity index (χ4v) is 3.94. The number of hydrogen-bond acceptors (Lipinski definition) is 5. The largest absolute Gasteiger partial charge is 0.487 e. The number of amides is 1. The van der Waals surface area contributed by atoms with Crippen molar-refractivity contribution in [1.29, 1.82) is 0 Å². The molecule has 2 aromatic rings. The van der Waals surface area contributed by atoms with Crippen molar-refractivity contribution in [3.8, 4) is 5.75 Å². The van der Waals surface area contributed by atoms with Crippen LogP contribution in [0.15, 0.2) is 29.6 Å². The van der Waals surface area contributed by atoms with Gasteiger partial charge in [0.1, 0.15) is 12.4 Å². The summed E-state index contributed by atoms with van der Waals surface area (Å²) in [6, 6.07) is 7.77. The van der Waals surface area contributed by atoms with Crippen LogP contribution in [0.1, 0.15) is 40.8 Å². The van der Waals surface area contributed by atoms with Crippen molar-refractivity contribution in [2.75, 3.05) is 26.7 Å². The van der Waals surface area contributed by atoms with E-state index >= 15 is 0 Å². The lowest BCUT2D eigenvalue weighted by Crippen LogP contribution is -2.45. The molecule has 0 saturated carbocycles. The van der Waals surface area contributed by atoms with Gasteiger partial charge in [-0.2, -0.15) is 0 Å². The summed E-state index contributed by atoms with van der Waals surface area (Å²) in [5, 5.41) is 3.03. The summed E-state index contributed by atoms with van der Waals surface area (Å²) in [7, 11) is 1.92. The van der Waals surface area contributed by atoms with Gasteiger partial charge in [0.2, 0.25) is 0 Å². The Bertz CT molecular complexity index is 738. The van der Waals surface area contributed by atoms with Crippen molar-refractivity contribution < 1.29 is 9.53 Å². The fraction of sp³-hybridized carbons (Fsp3) is 0.500. The maximum absolute atomic E-state index is 12.9. The summed E-state index contributed by atoms with van der Waals surface area (Å²) in [5.74, 6) is 0.769. The predicted molar refractivity (Wildman–Crippen MR) is 105 cm³/mol. The summed E-state index contributed by atoms with van der Waals surface area (Å²) in [6.07, 6.45) is 2.07. The van der Waals surface area contributed by atoms with Gasteiger partial charge in [-0.3, -0.25) is 4.79 Å². The van der Waals surface area contributed by atoms with Crippen LogP contribution in [0, 0.1) is 6.92 Å². The normalized spacial score (nSPS) is 15.8. The number of rotatable bonds is 6. The molecule has 0 radical (unpaired) electrons. The van der Waals surface area contributed by atoms with E-state index in [1.165, 1.54) is 0 Å². The number of carbonyl (C=O) groups excluding carboxylic acids is 1. The number of benzene rings is 1. The number of nitrogens with zero attached hydrogens (tertiary/aromatic N) is 3. The Morgan fingerprint density at radius 1 is 1.38 bits per heavy atom. The molecule has 1 aliphatic rings. The molecular formula is C20H27N3O2S. The van der Waals surface area contributed by atoms with Gasteiger partial charge in [0.15, 0.2) is 0 Å². The summed E-state index contributed by atoms with van der Waals surface area (Å²) >= 11 is 1.61. The van der Waals surface area contributed by atoms with E-state index in [9.17, 15) is 4.79 Å². The van der Waals surface area contributed by atoms with E-state index in [1.54, 1.807) is 11.3 Å². The first-order valence-electron chi connectivity index (χ1n) is 9.20. The van der Waals surface area contributed by atoms with E-state index in [1.807, 2.05) is 48.5 Å². The highest BCUT2D eigenvalue weighted by atomic mass is 32.1. The Kier molecular flexibility index (Phi) is 6.27. The van der Waals surface area contributed by atoms with E-state index in [4.69, 9.17) is 4.74 Å². The average molecular weight is 374 g/mol. The first kappa shape index (κ1) is 18.9. The van der Waals surface area contributed by atoms with Crippen molar-refractivity contribution in [2.24, 2.45) is 0 Å². The summed E-state index contributed by atoms with van der Waals surface area (Å²) in [5.41, 5.74) is 1.60. The van der Waals surface area contributed by atoms with Crippen molar-refractivity contribution >= 4 is 17.2 Å². The molecule has 0 unspecified atom stereocenters. The van der Waals surface area contributed by atoms with Gasteiger partial charge in [0.25, 0.3) is 5.91 Å². The first-order chi connectivity index (χ1) is 12.6. The molecule has 26 heavy (non-hydrogen) atoms. The highest BCUT2D eigenvalue weighted by Gasteiger charge is 2.25. The number of thiazole rings is 1. The molecule has 1 aromatic heterocycles. The van der Waals surface area contributed by atoms with Crippen LogP contribution in [0.4, 0.5) is 0 Å². The molecular weight excluding hydrogens is 346 g/mol. The molecule has 1 aromatic carbocycles. The van der Waals surface area contributed by atoms with Crippen LogP contribution in [-0.4, -0.2) is 53.4 Å². The summed E-state index contributed by atoms with van der Waals surface area (Å²) in [4.78, 5) is 21.6. The molecule has 1 fully saturated rings. The smallest absolute Gasteiger partial charge is 0.253 e. The van der Waals surface area contributed by atoms with E-state index in [0.717, 1.165) is 43.2 Å². The first-order valence-corrected chi connectivity index (χ1v) is 10.1. The van der Waals surface area contributed by atoms with Crippen LogP contribution in [0.5, 0.6) is 5.75 Å². The van der Waals surface area contributed by atoms with Gasteiger partial charge in [-0.15, -0.1) is 11.3 Å². The number of aryl methyl sites for hydroxylation is 1.